The first-order chi connectivity index (χ1) is 17.5. The number of amidine groups is 1. The number of carbonyl (C=O) groups excluding carboxylic acids is 2. The SMILES string of the molecule is CCOC(=O)C1=C(C)N=C2SCCC(=O)N2[C@@H]1c1cn(-c2ccccc2)nc1-c1ccc(OC)cc1. The van der Waals surface area contributed by atoms with Gasteiger partial charge in [0.1, 0.15) is 11.8 Å². The number of esters is 1. The summed E-state index contributed by atoms with van der Waals surface area (Å²) in [6.45, 7) is 3.77. The van der Waals surface area contributed by atoms with Crippen LogP contribution in [0, 0.1) is 0 Å². The highest BCUT2D eigenvalue weighted by Crippen LogP contribution is 2.43. The number of thioether (sulfide) groups is 1. The van der Waals surface area contributed by atoms with Crippen molar-refractivity contribution in [3.63, 3.8) is 0 Å². The number of hydrogen-bond donors (Lipinski definition) is 0. The number of carbonyl (C=O) groups is 2. The predicted molar refractivity (Wildman–Crippen MR) is 139 cm³/mol. The molecule has 2 aromatic carbocycles. The maximum Gasteiger partial charge on any atom is 0.338 e. The van der Waals surface area contributed by atoms with Crippen LogP contribution in [0.5, 0.6) is 5.75 Å². The summed E-state index contributed by atoms with van der Waals surface area (Å²) in [6.07, 6.45) is 2.25. The summed E-state index contributed by atoms with van der Waals surface area (Å²) in [4.78, 5) is 32.8. The van der Waals surface area contributed by atoms with Gasteiger partial charge in [-0.15, -0.1) is 0 Å². The Hall–Kier alpha value is -3.85. The fourth-order valence-electron chi connectivity index (χ4n) is 4.43. The lowest BCUT2D eigenvalue weighted by Gasteiger charge is -2.38. The van der Waals surface area contributed by atoms with Crippen molar-refractivity contribution in [1.29, 1.82) is 0 Å². The molecule has 2 aliphatic rings. The van der Waals surface area contributed by atoms with E-state index in [1.165, 1.54) is 11.8 Å². The van der Waals surface area contributed by atoms with Gasteiger partial charge in [0.2, 0.25) is 5.91 Å². The van der Waals surface area contributed by atoms with E-state index >= 15 is 0 Å². The average molecular weight is 503 g/mol. The molecule has 1 saturated heterocycles. The molecular formula is C27H26N4O4S. The Morgan fingerprint density at radius 1 is 1.14 bits per heavy atom. The molecule has 0 bridgehead atoms. The molecule has 0 saturated carbocycles. The molecule has 0 spiro atoms. The molecule has 0 unspecified atom stereocenters. The molecule has 0 radical (unpaired) electrons. The maximum absolute atomic E-state index is 13.3. The zero-order valence-electron chi connectivity index (χ0n) is 20.3. The molecule has 184 valence electrons. The molecule has 36 heavy (non-hydrogen) atoms. The van der Waals surface area contributed by atoms with E-state index in [0.717, 1.165) is 22.6 Å². The van der Waals surface area contributed by atoms with Crippen LogP contribution in [0.15, 0.2) is 77.1 Å². The first-order valence-electron chi connectivity index (χ1n) is 11.7. The molecule has 1 amide bonds. The number of aromatic nitrogens is 2. The van der Waals surface area contributed by atoms with Crippen LogP contribution >= 0.6 is 11.8 Å². The molecule has 1 atom stereocenters. The van der Waals surface area contributed by atoms with Gasteiger partial charge in [0.15, 0.2) is 5.17 Å². The Labute approximate surface area is 213 Å². The van der Waals surface area contributed by atoms with Crippen molar-refractivity contribution < 1.29 is 19.1 Å². The van der Waals surface area contributed by atoms with E-state index < -0.39 is 12.0 Å². The highest BCUT2D eigenvalue weighted by Gasteiger charge is 2.43. The standard InChI is InChI=1S/C27H26N4O4S/c1-4-35-26(33)23-17(2)28-27-31(22(32)14-15-36-27)25(23)21-16-30(19-8-6-5-7-9-19)29-24(21)18-10-12-20(34-3)13-11-18/h5-13,16,25H,4,14-15H2,1-3H3/t25-/m1/s1. The van der Waals surface area contributed by atoms with Crippen LogP contribution < -0.4 is 4.74 Å². The van der Waals surface area contributed by atoms with Crippen LogP contribution in [0.2, 0.25) is 0 Å². The number of aliphatic imine (C=N–C) groups is 1. The minimum absolute atomic E-state index is 0.0834. The van der Waals surface area contributed by atoms with Crippen molar-refractivity contribution in [2.75, 3.05) is 19.5 Å². The Balaban J connectivity index is 1.74. The monoisotopic (exact) mass is 502 g/mol. The Bertz CT molecular complexity index is 1360. The lowest BCUT2D eigenvalue weighted by Crippen LogP contribution is -2.45. The molecule has 1 fully saturated rings. The van der Waals surface area contributed by atoms with E-state index in [0.29, 0.717) is 34.3 Å². The largest absolute Gasteiger partial charge is 0.497 e. The van der Waals surface area contributed by atoms with Crippen molar-refractivity contribution in [1.82, 2.24) is 14.7 Å². The number of rotatable bonds is 6. The van der Waals surface area contributed by atoms with Gasteiger partial charge in [-0.1, -0.05) is 30.0 Å². The van der Waals surface area contributed by atoms with Gasteiger partial charge in [-0.05, 0) is 50.2 Å². The van der Waals surface area contributed by atoms with E-state index in [9.17, 15) is 9.59 Å². The number of amides is 1. The number of para-hydroxylation sites is 1. The maximum atomic E-state index is 13.3. The van der Waals surface area contributed by atoms with Gasteiger partial charge < -0.3 is 9.47 Å². The molecule has 0 N–H and O–H groups in total. The highest BCUT2D eigenvalue weighted by atomic mass is 32.2. The van der Waals surface area contributed by atoms with Gasteiger partial charge >= 0.3 is 5.97 Å². The Morgan fingerprint density at radius 3 is 2.58 bits per heavy atom. The fraction of sp³-hybridized carbons (Fsp3) is 0.259. The topological polar surface area (TPSA) is 86.0 Å². The fourth-order valence-corrected chi connectivity index (χ4v) is 5.44. The second-order valence-electron chi connectivity index (χ2n) is 8.32. The lowest BCUT2D eigenvalue weighted by atomic mass is 9.92. The summed E-state index contributed by atoms with van der Waals surface area (Å²) in [6, 6.07) is 16.6. The normalized spacial score (nSPS) is 17.5. The first kappa shape index (κ1) is 23.9. The molecular weight excluding hydrogens is 476 g/mol. The van der Waals surface area contributed by atoms with Crippen LogP contribution in [-0.4, -0.2) is 51.2 Å². The third kappa shape index (κ3) is 4.30. The van der Waals surface area contributed by atoms with Gasteiger partial charge in [0, 0.05) is 29.5 Å². The Morgan fingerprint density at radius 2 is 1.89 bits per heavy atom. The zero-order valence-corrected chi connectivity index (χ0v) is 21.1. The van der Waals surface area contributed by atoms with E-state index in [-0.39, 0.29) is 12.5 Å². The Kier molecular flexibility index (Phi) is 6.65. The van der Waals surface area contributed by atoms with Gasteiger partial charge in [-0.2, -0.15) is 5.10 Å². The van der Waals surface area contributed by atoms with Crippen LogP contribution in [-0.2, 0) is 14.3 Å². The van der Waals surface area contributed by atoms with E-state index in [2.05, 4.69) is 4.99 Å². The van der Waals surface area contributed by atoms with Crippen molar-refractivity contribution in [2.24, 2.45) is 4.99 Å². The minimum atomic E-state index is -0.716. The summed E-state index contributed by atoms with van der Waals surface area (Å²) in [5.41, 5.74) is 3.96. The van der Waals surface area contributed by atoms with Crippen LogP contribution in [0.3, 0.4) is 0 Å². The summed E-state index contributed by atoms with van der Waals surface area (Å²) < 4.78 is 12.5. The number of fused-ring (bicyclic) bond motifs is 1. The molecule has 2 aliphatic heterocycles. The number of nitrogens with zero attached hydrogens (tertiary/aromatic N) is 4. The number of ether oxygens (including phenoxy) is 2. The van der Waals surface area contributed by atoms with E-state index in [1.807, 2.05) is 60.8 Å². The number of hydrogen-bond acceptors (Lipinski definition) is 7. The third-order valence-corrected chi connectivity index (χ3v) is 7.08. The van der Waals surface area contributed by atoms with Gasteiger partial charge in [0.05, 0.1) is 36.4 Å². The molecule has 3 heterocycles. The zero-order chi connectivity index (χ0) is 25.2. The lowest BCUT2D eigenvalue weighted by molar-refractivity contribution is -0.139. The van der Waals surface area contributed by atoms with E-state index in [1.54, 1.807) is 30.5 Å². The van der Waals surface area contributed by atoms with Crippen LogP contribution in [0.25, 0.3) is 16.9 Å². The summed E-state index contributed by atoms with van der Waals surface area (Å²) in [5, 5.41) is 5.52. The molecule has 9 heteroatoms. The first-order valence-corrected chi connectivity index (χ1v) is 12.7. The van der Waals surface area contributed by atoms with Crippen molar-refractivity contribution in [3.8, 4) is 22.7 Å². The van der Waals surface area contributed by atoms with Crippen molar-refractivity contribution >= 4 is 28.8 Å². The third-order valence-electron chi connectivity index (χ3n) is 6.12. The molecule has 1 aromatic heterocycles. The highest BCUT2D eigenvalue weighted by molar-refractivity contribution is 8.14. The second kappa shape index (κ2) is 10.0. The predicted octanol–water partition coefficient (Wildman–Crippen LogP) is 4.76. The number of methoxy groups -OCH3 is 1. The summed E-state index contributed by atoms with van der Waals surface area (Å²) >= 11 is 1.52. The smallest absolute Gasteiger partial charge is 0.338 e. The average Bonchev–Trinajstić information content (AvgIpc) is 3.34. The summed E-state index contributed by atoms with van der Waals surface area (Å²) in [7, 11) is 1.62. The molecule has 0 aliphatic carbocycles. The van der Waals surface area contributed by atoms with Crippen molar-refractivity contribution in [3.05, 3.63) is 77.6 Å². The molecule has 3 aromatic rings. The van der Waals surface area contributed by atoms with Crippen molar-refractivity contribution in [2.45, 2.75) is 26.3 Å². The molecule has 8 nitrogen and oxygen atoms in total. The summed E-state index contributed by atoms with van der Waals surface area (Å²) in [5.74, 6) is 0.803. The quantitative estimate of drug-likeness (QED) is 0.452. The van der Waals surface area contributed by atoms with Gasteiger partial charge in [-0.25, -0.2) is 14.5 Å². The van der Waals surface area contributed by atoms with Gasteiger partial charge in [-0.3, -0.25) is 9.69 Å². The molecule has 5 rings (SSSR count). The second-order valence-corrected chi connectivity index (χ2v) is 9.38. The van der Waals surface area contributed by atoms with Crippen LogP contribution in [0.4, 0.5) is 0 Å². The van der Waals surface area contributed by atoms with Crippen LogP contribution in [0.1, 0.15) is 31.9 Å². The minimum Gasteiger partial charge on any atom is -0.497 e. The van der Waals surface area contributed by atoms with E-state index in [4.69, 9.17) is 14.6 Å². The number of allylic oxidation sites excluding steroid dienone is 1. The van der Waals surface area contributed by atoms with Gasteiger partial charge in [0.25, 0.3) is 0 Å². The number of benzene rings is 2.